The second-order valence-electron chi connectivity index (χ2n) is 5.38. The molecule has 0 amide bonds. The summed E-state index contributed by atoms with van der Waals surface area (Å²) in [4.78, 5) is 0. The molecule has 3 rings (SSSR count). The van der Waals surface area contributed by atoms with Gasteiger partial charge in [-0.3, -0.25) is 0 Å². The van der Waals surface area contributed by atoms with Crippen molar-refractivity contribution in [2.75, 3.05) is 14.2 Å². The lowest BCUT2D eigenvalue weighted by molar-refractivity contribution is 0.351. The summed E-state index contributed by atoms with van der Waals surface area (Å²) in [6, 6.07) is 14.5. The van der Waals surface area contributed by atoms with Gasteiger partial charge < -0.3 is 14.8 Å². The molecule has 0 aromatic heterocycles. The van der Waals surface area contributed by atoms with Gasteiger partial charge in [-0.15, -0.1) is 0 Å². The van der Waals surface area contributed by atoms with Crippen LogP contribution in [0.15, 0.2) is 48.2 Å². The van der Waals surface area contributed by atoms with Crippen LogP contribution in [0.25, 0.3) is 6.08 Å². The van der Waals surface area contributed by atoms with E-state index in [0.29, 0.717) is 0 Å². The second-order valence-corrected chi connectivity index (χ2v) is 5.38. The Morgan fingerprint density at radius 3 is 2.50 bits per heavy atom. The third-order valence-electron chi connectivity index (χ3n) is 4.02. The Morgan fingerprint density at radius 1 is 0.955 bits per heavy atom. The summed E-state index contributed by atoms with van der Waals surface area (Å²) >= 11 is 0. The Labute approximate surface area is 131 Å². The molecule has 1 aliphatic rings. The van der Waals surface area contributed by atoms with Crippen LogP contribution in [0, 0.1) is 0 Å². The number of methoxy groups -OCH3 is 2. The molecule has 0 heterocycles. The first kappa shape index (κ1) is 14.5. The minimum absolute atomic E-state index is 0.801. The summed E-state index contributed by atoms with van der Waals surface area (Å²) < 4.78 is 10.9. The molecular formula is C19H21NO2. The number of nitrogens with one attached hydrogen (secondary N) is 1. The van der Waals surface area contributed by atoms with Crippen LogP contribution in [-0.4, -0.2) is 14.2 Å². The largest absolute Gasteiger partial charge is 0.493 e. The van der Waals surface area contributed by atoms with Crippen LogP contribution in [0.5, 0.6) is 11.5 Å². The summed E-state index contributed by atoms with van der Waals surface area (Å²) in [5.74, 6) is 1.66. The van der Waals surface area contributed by atoms with E-state index in [-0.39, 0.29) is 0 Å². The minimum atomic E-state index is 0.801. The maximum absolute atomic E-state index is 5.52. The number of rotatable bonds is 5. The fourth-order valence-electron chi connectivity index (χ4n) is 2.87. The van der Waals surface area contributed by atoms with E-state index in [1.54, 1.807) is 14.2 Å². The van der Waals surface area contributed by atoms with E-state index in [1.165, 1.54) is 22.4 Å². The normalized spacial score (nSPS) is 13.1. The molecule has 2 aromatic carbocycles. The molecule has 0 aliphatic heterocycles. The lowest BCUT2D eigenvalue weighted by Gasteiger charge is -2.21. The fourth-order valence-corrected chi connectivity index (χ4v) is 2.87. The van der Waals surface area contributed by atoms with Gasteiger partial charge in [0.25, 0.3) is 0 Å². The van der Waals surface area contributed by atoms with E-state index in [9.17, 15) is 0 Å². The van der Waals surface area contributed by atoms with Crippen LogP contribution in [0.4, 0.5) is 0 Å². The highest BCUT2D eigenvalue weighted by molar-refractivity contribution is 5.65. The minimum Gasteiger partial charge on any atom is -0.493 e. The van der Waals surface area contributed by atoms with Gasteiger partial charge in [-0.25, -0.2) is 0 Å². The average molecular weight is 295 g/mol. The van der Waals surface area contributed by atoms with E-state index in [4.69, 9.17) is 9.47 Å². The van der Waals surface area contributed by atoms with E-state index in [2.05, 4.69) is 41.7 Å². The van der Waals surface area contributed by atoms with Gasteiger partial charge >= 0.3 is 0 Å². The van der Waals surface area contributed by atoms with Gasteiger partial charge in [0.15, 0.2) is 11.5 Å². The van der Waals surface area contributed by atoms with Crippen molar-refractivity contribution in [3.8, 4) is 11.5 Å². The third kappa shape index (κ3) is 2.93. The average Bonchev–Trinajstić information content (AvgIpc) is 2.59. The molecule has 0 fully saturated rings. The lowest BCUT2D eigenvalue weighted by Crippen LogP contribution is -2.16. The number of hydrogen-bond acceptors (Lipinski definition) is 3. The van der Waals surface area contributed by atoms with Crippen LogP contribution in [-0.2, 0) is 13.0 Å². The van der Waals surface area contributed by atoms with Crippen molar-refractivity contribution >= 4 is 6.08 Å². The van der Waals surface area contributed by atoms with Crippen molar-refractivity contribution < 1.29 is 9.47 Å². The highest BCUT2D eigenvalue weighted by Gasteiger charge is 2.18. The van der Waals surface area contributed by atoms with Gasteiger partial charge in [0.2, 0.25) is 0 Å². The molecule has 1 aliphatic carbocycles. The van der Waals surface area contributed by atoms with Crippen molar-refractivity contribution in [1.29, 1.82) is 0 Å². The van der Waals surface area contributed by atoms with E-state index >= 15 is 0 Å². The van der Waals surface area contributed by atoms with Crippen molar-refractivity contribution in [2.24, 2.45) is 0 Å². The molecule has 3 nitrogen and oxygen atoms in total. The molecule has 0 radical (unpaired) electrons. The van der Waals surface area contributed by atoms with Crippen LogP contribution < -0.4 is 14.8 Å². The molecule has 2 aromatic rings. The van der Waals surface area contributed by atoms with Gasteiger partial charge in [-0.2, -0.15) is 0 Å². The summed E-state index contributed by atoms with van der Waals surface area (Å²) in [5.41, 5.74) is 5.00. The second kappa shape index (κ2) is 6.56. The van der Waals surface area contributed by atoms with E-state index in [1.807, 2.05) is 12.1 Å². The van der Waals surface area contributed by atoms with Crippen LogP contribution >= 0.6 is 0 Å². The first-order valence-electron chi connectivity index (χ1n) is 7.54. The summed E-state index contributed by atoms with van der Waals surface area (Å²) in [6.45, 7) is 0.856. The molecule has 0 atom stereocenters. The number of hydrogen-bond donors (Lipinski definition) is 1. The molecule has 114 valence electrons. The van der Waals surface area contributed by atoms with Gasteiger partial charge in [0, 0.05) is 17.8 Å². The van der Waals surface area contributed by atoms with Crippen molar-refractivity contribution in [3.05, 3.63) is 64.9 Å². The Morgan fingerprint density at radius 2 is 1.77 bits per heavy atom. The van der Waals surface area contributed by atoms with Gasteiger partial charge in [-0.1, -0.05) is 36.4 Å². The Balaban J connectivity index is 1.79. The first-order valence-corrected chi connectivity index (χ1v) is 7.54. The molecule has 1 N–H and O–H groups in total. The fraction of sp³-hybridized carbons (Fsp3) is 0.263. The van der Waals surface area contributed by atoms with Gasteiger partial charge in [-0.05, 0) is 36.1 Å². The van der Waals surface area contributed by atoms with Gasteiger partial charge in [0.1, 0.15) is 0 Å². The Bertz CT molecular complexity index is 677. The number of benzene rings is 2. The van der Waals surface area contributed by atoms with Crippen LogP contribution in [0.3, 0.4) is 0 Å². The standard InChI is InChI=1S/C19H21NO2/c1-21-18-11-8-15-12-16(9-10-17(15)19(18)22-2)20-13-14-6-4-3-5-7-14/h3-8,11-12,20H,9-10,13H2,1-2H3. The number of allylic oxidation sites excluding steroid dienone is 1. The zero-order valence-corrected chi connectivity index (χ0v) is 13.1. The maximum Gasteiger partial charge on any atom is 0.164 e. The molecule has 0 saturated heterocycles. The topological polar surface area (TPSA) is 30.5 Å². The monoisotopic (exact) mass is 295 g/mol. The first-order chi connectivity index (χ1) is 10.8. The highest BCUT2D eigenvalue weighted by Crippen LogP contribution is 2.37. The van der Waals surface area contributed by atoms with Gasteiger partial charge in [0.05, 0.1) is 14.2 Å². The zero-order chi connectivity index (χ0) is 15.4. The predicted octanol–water partition coefficient (Wildman–Crippen LogP) is 3.78. The quantitative estimate of drug-likeness (QED) is 0.910. The van der Waals surface area contributed by atoms with Crippen LogP contribution in [0.2, 0.25) is 0 Å². The predicted molar refractivity (Wildman–Crippen MR) is 89.1 cm³/mol. The van der Waals surface area contributed by atoms with Crippen LogP contribution in [0.1, 0.15) is 23.1 Å². The summed E-state index contributed by atoms with van der Waals surface area (Å²) in [6.07, 6.45) is 4.16. The van der Waals surface area contributed by atoms with E-state index in [0.717, 1.165) is 30.9 Å². The zero-order valence-electron chi connectivity index (χ0n) is 13.1. The maximum atomic E-state index is 5.52. The number of fused-ring (bicyclic) bond motifs is 1. The van der Waals surface area contributed by atoms with Crippen molar-refractivity contribution in [2.45, 2.75) is 19.4 Å². The molecule has 0 spiro atoms. The molecule has 0 bridgehead atoms. The summed E-state index contributed by atoms with van der Waals surface area (Å²) in [5, 5.41) is 3.53. The third-order valence-corrected chi connectivity index (χ3v) is 4.02. The Kier molecular flexibility index (Phi) is 4.33. The molecule has 0 saturated carbocycles. The SMILES string of the molecule is COc1ccc2c(c1OC)CCC(NCc1ccccc1)=C2. The molecule has 22 heavy (non-hydrogen) atoms. The number of ether oxygens (including phenoxy) is 2. The molecular weight excluding hydrogens is 274 g/mol. The molecule has 3 heteroatoms. The summed E-state index contributed by atoms with van der Waals surface area (Å²) in [7, 11) is 3.38. The Hall–Kier alpha value is -2.42. The van der Waals surface area contributed by atoms with Crippen molar-refractivity contribution in [3.63, 3.8) is 0 Å². The van der Waals surface area contributed by atoms with Crippen molar-refractivity contribution in [1.82, 2.24) is 5.32 Å². The molecule has 0 unspecified atom stereocenters. The van der Waals surface area contributed by atoms with E-state index < -0.39 is 0 Å². The smallest absolute Gasteiger partial charge is 0.164 e. The highest BCUT2D eigenvalue weighted by atomic mass is 16.5. The lowest BCUT2D eigenvalue weighted by atomic mass is 9.94.